The lowest BCUT2D eigenvalue weighted by Crippen LogP contribution is -2.19. The average molecular weight is 236 g/mol. The summed E-state index contributed by atoms with van der Waals surface area (Å²) in [5.74, 6) is -1.00. The van der Waals surface area contributed by atoms with Crippen molar-refractivity contribution in [2.24, 2.45) is 5.73 Å². The van der Waals surface area contributed by atoms with Gasteiger partial charge < -0.3 is 10.8 Å². The van der Waals surface area contributed by atoms with Gasteiger partial charge in [0.15, 0.2) is 0 Å². The van der Waals surface area contributed by atoms with E-state index in [0.717, 1.165) is 3.79 Å². The van der Waals surface area contributed by atoms with Gasteiger partial charge in [0.05, 0.1) is 3.79 Å². The Morgan fingerprint density at radius 3 is 2.82 bits per heavy atom. The van der Waals surface area contributed by atoms with E-state index in [1.54, 1.807) is 11.4 Å². The van der Waals surface area contributed by atoms with E-state index < -0.39 is 12.0 Å². The van der Waals surface area contributed by atoms with Crippen molar-refractivity contribution in [3.05, 3.63) is 20.8 Å². The Morgan fingerprint density at radius 1 is 1.82 bits per heavy atom. The Labute approximate surface area is 76.0 Å². The second-order valence-corrected chi connectivity index (χ2v) is 4.29. The van der Waals surface area contributed by atoms with Crippen molar-refractivity contribution in [1.82, 2.24) is 0 Å². The first-order chi connectivity index (χ1) is 5.11. The van der Waals surface area contributed by atoms with E-state index in [4.69, 9.17) is 10.8 Å². The first-order valence-electron chi connectivity index (χ1n) is 2.83. The van der Waals surface area contributed by atoms with Crippen molar-refractivity contribution in [3.8, 4) is 0 Å². The van der Waals surface area contributed by atoms with Crippen LogP contribution in [0.1, 0.15) is 11.6 Å². The summed E-state index contributed by atoms with van der Waals surface area (Å²) in [7, 11) is 0. The largest absolute Gasteiger partial charge is 0.480 e. The number of carboxylic acids is 1. The fraction of sp³-hybridized carbons (Fsp3) is 0.167. The lowest BCUT2D eigenvalue weighted by Gasteiger charge is -2.00. The predicted molar refractivity (Wildman–Crippen MR) is 46.6 cm³/mol. The maximum absolute atomic E-state index is 10.4. The molecule has 0 saturated heterocycles. The van der Waals surface area contributed by atoms with E-state index in [9.17, 15) is 4.79 Å². The number of nitrogens with two attached hydrogens (primary N) is 1. The molecule has 1 rings (SSSR count). The normalized spacial score (nSPS) is 12.9. The van der Waals surface area contributed by atoms with Gasteiger partial charge in [0.25, 0.3) is 0 Å². The van der Waals surface area contributed by atoms with E-state index in [1.807, 2.05) is 0 Å². The number of hydrogen-bond acceptors (Lipinski definition) is 3. The van der Waals surface area contributed by atoms with Gasteiger partial charge in [-0.2, -0.15) is 0 Å². The highest BCUT2D eigenvalue weighted by Crippen LogP contribution is 2.24. The SMILES string of the molecule is N[C@@H](C(=O)O)c1csc(Br)c1. The minimum atomic E-state index is -1.00. The van der Waals surface area contributed by atoms with Crippen LogP contribution >= 0.6 is 27.3 Å². The summed E-state index contributed by atoms with van der Waals surface area (Å²) in [6.07, 6.45) is 0. The summed E-state index contributed by atoms with van der Waals surface area (Å²) in [4.78, 5) is 10.4. The smallest absolute Gasteiger partial charge is 0.325 e. The third-order valence-corrected chi connectivity index (χ3v) is 2.74. The zero-order chi connectivity index (χ0) is 8.43. The van der Waals surface area contributed by atoms with Crippen LogP contribution in [-0.2, 0) is 4.79 Å². The Balaban J connectivity index is 2.84. The van der Waals surface area contributed by atoms with E-state index in [-0.39, 0.29) is 0 Å². The van der Waals surface area contributed by atoms with Gasteiger partial charge in [-0.3, -0.25) is 4.79 Å². The fourth-order valence-corrected chi connectivity index (χ4v) is 1.84. The van der Waals surface area contributed by atoms with E-state index in [0.29, 0.717) is 5.56 Å². The molecule has 5 heteroatoms. The molecule has 0 unspecified atom stereocenters. The molecule has 0 radical (unpaired) electrons. The van der Waals surface area contributed by atoms with Gasteiger partial charge in [-0.15, -0.1) is 11.3 Å². The summed E-state index contributed by atoms with van der Waals surface area (Å²) >= 11 is 4.64. The van der Waals surface area contributed by atoms with Crippen molar-refractivity contribution < 1.29 is 9.90 Å². The molecule has 0 amide bonds. The van der Waals surface area contributed by atoms with Gasteiger partial charge in [0, 0.05) is 0 Å². The van der Waals surface area contributed by atoms with Gasteiger partial charge in [0.1, 0.15) is 6.04 Å². The number of hydrogen-bond donors (Lipinski definition) is 2. The molecule has 1 aromatic rings. The van der Waals surface area contributed by atoms with Crippen LogP contribution in [0.5, 0.6) is 0 Å². The van der Waals surface area contributed by atoms with Crippen molar-refractivity contribution >= 4 is 33.2 Å². The van der Waals surface area contributed by atoms with Gasteiger partial charge >= 0.3 is 5.97 Å². The molecule has 0 aliphatic heterocycles. The summed E-state index contributed by atoms with van der Waals surface area (Å²) in [5, 5.41) is 10.2. The Morgan fingerprint density at radius 2 is 2.45 bits per heavy atom. The summed E-state index contributed by atoms with van der Waals surface area (Å²) in [5.41, 5.74) is 5.97. The van der Waals surface area contributed by atoms with Gasteiger partial charge in [-0.05, 0) is 32.9 Å². The number of rotatable bonds is 2. The highest BCUT2D eigenvalue weighted by atomic mass is 79.9. The number of thiophene rings is 1. The Hall–Kier alpha value is -0.390. The van der Waals surface area contributed by atoms with Gasteiger partial charge in [-0.1, -0.05) is 0 Å². The molecule has 0 aromatic carbocycles. The van der Waals surface area contributed by atoms with Crippen molar-refractivity contribution in [1.29, 1.82) is 0 Å². The zero-order valence-corrected chi connectivity index (χ0v) is 7.85. The lowest BCUT2D eigenvalue weighted by molar-refractivity contribution is -0.138. The number of halogens is 1. The molecule has 0 aliphatic carbocycles. The molecule has 11 heavy (non-hydrogen) atoms. The van der Waals surface area contributed by atoms with E-state index >= 15 is 0 Å². The molecular formula is C6H6BrNO2S. The van der Waals surface area contributed by atoms with Crippen LogP contribution in [0.3, 0.4) is 0 Å². The van der Waals surface area contributed by atoms with E-state index in [2.05, 4.69) is 15.9 Å². The van der Waals surface area contributed by atoms with Gasteiger partial charge in [0.2, 0.25) is 0 Å². The molecule has 1 atom stereocenters. The molecule has 0 bridgehead atoms. The fourth-order valence-electron chi connectivity index (χ4n) is 0.629. The van der Waals surface area contributed by atoms with Crippen molar-refractivity contribution in [3.63, 3.8) is 0 Å². The Bertz CT molecular complexity index is 273. The minimum Gasteiger partial charge on any atom is -0.480 e. The molecular weight excluding hydrogens is 230 g/mol. The quantitative estimate of drug-likeness (QED) is 0.819. The summed E-state index contributed by atoms with van der Waals surface area (Å²) in [6.45, 7) is 0. The van der Waals surface area contributed by atoms with Crippen LogP contribution in [0.4, 0.5) is 0 Å². The average Bonchev–Trinajstić information content (AvgIpc) is 2.34. The van der Waals surface area contributed by atoms with Crippen LogP contribution in [-0.4, -0.2) is 11.1 Å². The topological polar surface area (TPSA) is 63.3 Å². The standard InChI is InChI=1S/C6H6BrNO2S/c7-4-1-3(2-11-4)5(8)6(9)10/h1-2,5H,8H2,(H,9,10)/t5-/m1/s1. The monoisotopic (exact) mass is 235 g/mol. The summed E-state index contributed by atoms with van der Waals surface area (Å²) < 4.78 is 0.893. The minimum absolute atomic E-state index is 0.634. The summed E-state index contributed by atoms with van der Waals surface area (Å²) in [6, 6.07) is 0.807. The number of aliphatic carboxylic acids is 1. The third-order valence-electron chi connectivity index (χ3n) is 1.21. The van der Waals surface area contributed by atoms with Gasteiger partial charge in [-0.25, -0.2) is 0 Å². The molecule has 0 spiro atoms. The maximum atomic E-state index is 10.4. The maximum Gasteiger partial charge on any atom is 0.325 e. The first kappa shape index (κ1) is 8.70. The van der Waals surface area contributed by atoms with Crippen molar-refractivity contribution in [2.45, 2.75) is 6.04 Å². The molecule has 60 valence electrons. The highest BCUT2D eigenvalue weighted by Gasteiger charge is 2.14. The van der Waals surface area contributed by atoms with Crippen LogP contribution < -0.4 is 5.73 Å². The predicted octanol–water partition coefficient (Wildman–Crippen LogP) is 1.60. The molecule has 3 nitrogen and oxygen atoms in total. The number of carbonyl (C=O) groups is 1. The first-order valence-corrected chi connectivity index (χ1v) is 4.51. The second-order valence-electron chi connectivity index (χ2n) is 2.00. The van der Waals surface area contributed by atoms with E-state index in [1.165, 1.54) is 11.3 Å². The highest BCUT2D eigenvalue weighted by molar-refractivity contribution is 9.11. The van der Waals surface area contributed by atoms with Crippen LogP contribution in [0.25, 0.3) is 0 Å². The molecule has 0 saturated carbocycles. The lowest BCUT2D eigenvalue weighted by atomic mass is 10.2. The zero-order valence-electron chi connectivity index (χ0n) is 5.45. The van der Waals surface area contributed by atoms with Crippen LogP contribution in [0, 0.1) is 0 Å². The Kier molecular flexibility index (Phi) is 2.64. The third kappa shape index (κ3) is 2.02. The van der Waals surface area contributed by atoms with Crippen LogP contribution in [0.15, 0.2) is 15.2 Å². The second kappa shape index (κ2) is 3.34. The van der Waals surface area contributed by atoms with Crippen molar-refractivity contribution in [2.75, 3.05) is 0 Å². The number of carboxylic acid groups (broad SMARTS) is 1. The molecule has 0 fully saturated rings. The van der Waals surface area contributed by atoms with Crippen LogP contribution in [0.2, 0.25) is 0 Å². The molecule has 1 heterocycles. The molecule has 1 aromatic heterocycles. The molecule has 3 N–H and O–H groups in total. The molecule has 0 aliphatic rings.